The Morgan fingerprint density at radius 1 is 0.373 bits per heavy atom. The predicted molar refractivity (Wildman–Crippen MR) is 286 cm³/mol. The molecule has 4 nitrogen and oxygen atoms in total. The highest BCUT2D eigenvalue weighted by atomic mass is 15.0. The number of nitrogens with zero attached hydrogens (tertiary/aromatic N) is 4. The summed E-state index contributed by atoms with van der Waals surface area (Å²) in [7, 11) is 0. The molecule has 0 fully saturated rings. The summed E-state index contributed by atoms with van der Waals surface area (Å²) < 4.78 is 7.48. The predicted octanol–water partition coefficient (Wildman–Crippen LogP) is 17.0. The van der Waals surface area contributed by atoms with Crippen LogP contribution in [-0.2, 0) is 10.8 Å². The van der Waals surface area contributed by atoms with Crippen LogP contribution in [0.4, 0.5) is 0 Å². The van der Waals surface area contributed by atoms with Gasteiger partial charge in [0.15, 0.2) is 0 Å². The topological polar surface area (TPSA) is 26.6 Å². The molecular formula is C63H46N4. The third kappa shape index (κ3) is 4.79. The number of aromatic nitrogens is 4. The number of para-hydroxylation sites is 2. The molecule has 0 amide bonds. The van der Waals surface area contributed by atoms with Gasteiger partial charge in [0.25, 0.3) is 0 Å². The van der Waals surface area contributed by atoms with Crippen molar-refractivity contribution in [1.29, 1.82) is 0 Å². The molecule has 67 heavy (non-hydrogen) atoms. The van der Waals surface area contributed by atoms with Gasteiger partial charge in [-0.05, 0) is 122 Å². The lowest BCUT2D eigenvalue weighted by Crippen LogP contribution is -2.11. The molecule has 6 heterocycles. The lowest BCUT2D eigenvalue weighted by Gasteiger charge is -2.21. The quantitative estimate of drug-likeness (QED) is 0.170. The minimum absolute atomic E-state index is 0.0297. The average Bonchev–Trinajstić information content (AvgIpc) is 4.12. The Balaban J connectivity index is 1.13. The molecule has 0 atom stereocenters. The molecule has 0 saturated carbocycles. The Kier molecular flexibility index (Phi) is 6.94. The maximum absolute atomic E-state index is 6.00. The highest BCUT2D eigenvalue weighted by Crippen LogP contribution is 2.50. The third-order valence-corrected chi connectivity index (χ3v) is 15.3. The van der Waals surface area contributed by atoms with E-state index < -0.39 is 0 Å². The number of fused-ring (bicyclic) bond motifs is 19. The Hall–Kier alpha value is -7.95. The first-order chi connectivity index (χ1) is 32.5. The molecule has 0 spiro atoms. The zero-order chi connectivity index (χ0) is 44.8. The van der Waals surface area contributed by atoms with Crippen LogP contribution in [-0.4, -0.2) is 18.4 Å². The zero-order valence-corrected chi connectivity index (χ0v) is 38.5. The molecule has 0 aliphatic rings. The normalized spacial score (nSPS) is 13.2. The number of pyridine rings is 1. The summed E-state index contributed by atoms with van der Waals surface area (Å²) in [6.07, 6.45) is 0. The van der Waals surface area contributed by atoms with Crippen molar-refractivity contribution in [2.75, 3.05) is 0 Å². The van der Waals surface area contributed by atoms with Crippen LogP contribution < -0.4 is 0 Å². The van der Waals surface area contributed by atoms with Crippen LogP contribution in [0.1, 0.15) is 52.7 Å². The molecule has 0 unspecified atom stereocenters. The average molecular weight is 859 g/mol. The van der Waals surface area contributed by atoms with Gasteiger partial charge in [-0.25, -0.2) is 4.98 Å². The van der Waals surface area contributed by atoms with Crippen molar-refractivity contribution >= 4 is 120 Å². The molecule has 15 rings (SSSR count). The van der Waals surface area contributed by atoms with Crippen LogP contribution >= 0.6 is 0 Å². The van der Waals surface area contributed by atoms with Crippen LogP contribution in [0.3, 0.4) is 0 Å². The van der Waals surface area contributed by atoms with E-state index in [1.54, 1.807) is 0 Å². The maximum atomic E-state index is 6.00. The van der Waals surface area contributed by atoms with Gasteiger partial charge >= 0.3 is 0 Å². The fraction of sp³-hybridized carbons (Fsp3) is 0.127. The van der Waals surface area contributed by atoms with Crippen molar-refractivity contribution in [3.8, 4) is 16.8 Å². The molecule has 0 N–H and O–H groups in total. The van der Waals surface area contributed by atoms with Crippen molar-refractivity contribution in [1.82, 2.24) is 18.4 Å². The molecule has 15 aromatic rings. The van der Waals surface area contributed by atoms with E-state index in [1.165, 1.54) is 125 Å². The molecule has 6 aromatic heterocycles. The minimum Gasteiger partial charge on any atom is -0.309 e. The van der Waals surface area contributed by atoms with Gasteiger partial charge in [0.05, 0.1) is 44.1 Å². The van der Waals surface area contributed by atoms with E-state index in [-0.39, 0.29) is 10.8 Å². The van der Waals surface area contributed by atoms with E-state index in [1.807, 2.05) is 0 Å². The van der Waals surface area contributed by atoms with E-state index in [4.69, 9.17) is 4.98 Å². The van der Waals surface area contributed by atoms with Gasteiger partial charge in [-0.15, -0.1) is 0 Å². The van der Waals surface area contributed by atoms with E-state index in [0.717, 1.165) is 22.4 Å². The van der Waals surface area contributed by atoms with Gasteiger partial charge in [0, 0.05) is 59.7 Å². The van der Waals surface area contributed by atoms with E-state index in [2.05, 4.69) is 225 Å². The summed E-state index contributed by atoms with van der Waals surface area (Å²) in [6.45, 7) is 14.0. The standard InChI is InChI=1S/C63H46N4/c1-62(2,3)38-25-27-53-46(31-38)47-29-36-17-11-13-21-42(36)56-57-54(66(53)60(47)56)34-50-55-41-20-12-10-16-35(41)30-48-49-33-39(63(4,5)6)32-44(58(49)67(59(48)55)61(50)64-57)37-24-26-52-45(28-37)43-22-14-15-23-51(43)65(52)40-18-8-7-9-19-40/h7-34H,1-6H3. The maximum Gasteiger partial charge on any atom is 0.146 e. The highest BCUT2D eigenvalue weighted by Gasteiger charge is 2.29. The van der Waals surface area contributed by atoms with Crippen molar-refractivity contribution in [2.24, 2.45) is 0 Å². The summed E-state index contributed by atoms with van der Waals surface area (Å²) in [5, 5.41) is 16.3. The van der Waals surface area contributed by atoms with E-state index >= 15 is 0 Å². The summed E-state index contributed by atoms with van der Waals surface area (Å²) >= 11 is 0. The number of rotatable bonds is 2. The van der Waals surface area contributed by atoms with E-state index in [0.29, 0.717) is 0 Å². The highest BCUT2D eigenvalue weighted by molar-refractivity contribution is 6.35. The molecule has 0 radical (unpaired) electrons. The Bertz CT molecular complexity index is 4620. The van der Waals surface area contributed by atoms with Crippen molar-refractivity contribution in [3.05, 3.63) is 181 Å². The first-order valence-electron chi connectivity index (χ1n) is 23.7. The van der Waals surface area contributed by atoms with Gasteiger partial charge in [-0.1, -0.05) is 139 Å². The monoisotopic (exact) mass is 858 g/mol. The summed E-state index contributed by atoms with van der Waals surface area (Å²) in [5.74, 6) is 0. The zero-order valence-electron chi connectivity index (χ0n) is 38.5. The van der Waals surface area contributed by atoms with Crippen molar-refractivity contribution in [2.45, 2.75) is 52.4 Å². The lowest BCUT2D eigenvalue weighted by atomic mass is 9.84. The fourth-order valence-corrected chi connectivity index (χ4v) is 12.1. The second-order valence-electron chi connectivity index (χ2n) is 21.2. The van der Waals surface area contributed by atoms with Crippen LogP contribution in [0.2, 0.25) is 0 Å². The molecule has 0 aliphatic carbocycles. The van der Waals surface area contributed by atoms with E-state index in [9.17, 15) is 0 Å². The number of hydrogen-bond donors (Lipinski definition) is 0. The summed E-state index contributed by atoms with van der Waals surface area (Å²) in [6, 6.07) is 64.1. The van der Waals surface area contributed by atoms with Crippen molar-refractivity contribution < 1.29 is 0 Å². The van der Waals surface area contributed by atoms with Crippen LogP contribution in [0.25, 0.3) is 137 Å². The second kappa shape index (κ2) is 12.5. The molecule has 0 saturated heterocycles. The number of hydrogen-bond acceptors (Lipinski definition) is 1. The molecular weight excluding hydrogens is 813 g/mol. The lowest BCUT2D eigenvalue weighted by molar-refractivity contribution is 0.591. The Labute approximate surface area is 386 Å². The summed E-state index contributed by atoms with van der Waals surface area (Å²) in [4.78, 5) is 6.00. The Morgan fingerprint density at radius 2 is 0.955 bits per heavy atom. The second-order valence-corrected chi connectivity index (χ2v) is 21.2. The van der Waals surface area contributed by atoms with Crippen LogP contribution in [0, 0.1) is 0 Å². The van der Waals surface area contributed by atoms with Crippen LogP contribution in [0.5, 0.6) is 0 Å². The Morgan fingerprint density at radius 3 is 1.70 bits per heavy atom. The first-order valence-corrected chi connectivity index (χ1v) is 23.7. The smallest absolute Gasteiger partial charge is 0.146 e. The molecule has 9 aromatic carbocycles. The third-order valence-electron chi connectivity index (χ3n) is 15.3. The SMILES string of the molecule is CC(C)(C)c1ccc2c(c1)c1cc3ccccc3c3c4nc5c(cc4n2c13)c1c2ccccc2cc2c3cc(C(C)(C)C)cc(-c4ccc6c(c4)c4ccccc4n6-c4ccccc4)c3n5c21. The molecule has 4 heteroatoms. The molecule has 0 aliphatic heterocycles. The summed E-state index contributed by atoms with van der Waals surface area (Å²) in [5.41, 5.74) is 16.7. The van der Waals surface area contributed by atoms with Crippen molar-refractivity contribution in [3.63, 3.8) is 0 Å². The van der Waals surface area contributed by atoms with Gasteiger partial charge in [-0.2, -0.15) is 0 Å². The largest absolute Gasteiger partial charge is 0.309 e. The fourth-order valence-electron chi connectivity index (χ4n) is 12.1. The van der Waals surface area contributed by atoms with Gasteiger partial charge in [0.2, 0.25) is 0 Å². The van der Waals surface area contributed by atoms with Crippen LogP contribution in [0.15, 0.2) is 170 Å². The van der Waals surface area contributed by atoms with Gasteiger partial charge in [-0.3, -0.25) is 4.40 Å². The molecule has 318 valence electrons. The first kappa shape index (κ1) is 37.3. The van der Waals surface area contributed by atoms with Gasteiger partial charge in [0.1, 0.15) is 5.65 Å². The number of benzene rings is 9. The minimum atomic E-state index is -0.0881. The molecule has 0 bridgehead atoms. The van der Waals surface area contributed by atoms with Gasteiger partial charge < -0.3 is 8.97 Å².